The summed E-state index contributed by atoms with van der Waals surface area (Å²) in [7, 11) is 1.61. The third-order valence-corrected chi connectivity index (χ3v) is 6.05. The maximum atomic E-state index is 13.2. The number of halogens is 1. The lowest BCUT2D eigenvalue weighted by Crippen LogP contribution is -2.35. The number of hydrogen-bond acceptors (Lipinski definition) is 4. The number of ether oxygens (including phenoxy) is 1. The van der Waals surface area contributed by atoms with E-state index in [-0.39, 0.29) is 11.6 Å². The summed E-state index contributed by atoms with van der Waals surface area (Å²) in [5, 5.41) is 11.1. The van der Waals surface area contributed by atoms with Crippen LogP contribution in [0.3, 0.4) is 0 Å². The van der Waals surface area contributed by atoms with Crippen molar-refractivity contribution in [2.45, 2.75) is 13.3 Å². The molecule has 8 heteroatoms. The lowest BCUT2D eigenvalue weighted by Gasteiger charge is -2.11. The minimum absolute atomic E-state index is 0.107. The average molecular weight is 529 g/mol. The Morgan fingerprint density at radius 2 is 1.71 bits per heavy atom. The molecule has 7 nitrogen and oxygen atoms in total. The molecular weight excluding hydrogens is 500 g/mol. The zero-order chi connectivity index (χ0) is 26.9. The molecule has 0 bridgehead atoms. The molecule has 0 aliphatic rings. The highest BCUT2D eigenvalue weighted by atomic mass is 35.5. The van der Waals surface area contributed by atoms with E-state index < -0.39 is 5.91 Å². The van der Waals surface area contributed by atoms with Gasteiger partial charge in [0, 0.05) is 48.2 Å². The van der Waals surface area contributed by atoms with Crippen LogP contribution in [0.15, 0.2) is 90.8 Å². The van der Waals surface area contributed by atoms with E-state index in [4.69, 9.17) is 21.4 Å². The van der Waals surface area contributed by atoms with Gasteiger partial charge in [-0.3, -0.25) is 9.59 Å². The molecule has 194 valence electrons. The van der Waals surface area contributed by atoms with E-state index in [2.05, 4.69) is 10.6 Å². The van der Waals surface area contributed by atoms with Gasteiger partial charge in [-0.25, -0.2) is 4.68 Å². The molecule has 1 heterocycles. The predicted octanol–water partition coefficient (Wildman–Crippen LogP) is 5.42. The number of aryl methyl sites for hydroxylation is 1. The van der Waals surface area contributed by atoms with Gasteiger partial charge >= 0.3 is 0 Å². The van der Waals surface area contributed by atoms with Crippen molar-refractivity contribution in [1.29, 1.82) is 0 Å². The van der Waals surface area contributed by atoms with Crippen molar-refractivity contribution < 1.29 is 14.3 Å². The number of carbonyl (C=O) groups excluding carboxylic acids is 2. The molecule has 0 saturated carbocycles. The second-order valence-electron chi connectivity index (χ2n) is 8.70. The van der Waals surface area contributed by atoms with Crippen molar-refractivity contribution >= 4 is 29.5 Å². The van der Waals surface area contributed by atoms with Crippen molar-refractivity contribution in [3.05, 3.63) is 112 Å². The molecule has 1 aromatic heterocycles. The second kappa shape index (κ2) is 12.9. The van der Waals surface area contributed by atoms with E-state index in [1.807, 2.05) is 67.7 Å². The first-order valence-electron chi connectivity index (χ1n) is 12.2. The number of nitrogens with zero attached hydrogens (tertiary/aromatic N) is 2. The number of methoxy groups -OCH3 is 1. The van der Waals surface area contributed by atoms with Gasteiger partial charge in [-0.1, -0.05) is 59.6 Å². The van der Waals surface area contributed by atoms with Crippen LogP contribution >= 0.6 is 11.6 Å². The van der Waals surface area contributed by atoms with Crippen LogP contribution in [0.4, 0.5) is 0 Å². The first kappa shape index (κ1) is 26.9. The summed E-state index contributed by atoms with van der Waals surface area (Å²) < 4.78 is 6.82. The van der Waals surface area contributed by atoms with Crippen LogP contribution in [0, 0.1) is 6.92 Å². The van der Waals surface area contributed by atoms with E-state index in [9.17, 15) is 9.59 Å². The number of nitrogens with one attached hydrogen (secondary N) is 2. The minimum atomic E-state index is -0.406. The molecule has 0 aliphatic carbocycles. The fourth-order valence-electron chi connectivity index (χ4n) is 3.76. The lowest BCUT2D eigenvalue weighted by molar-refractivity contribution is -0.117. The van der Waals surface area contributed by atoms with E-state index >= 15 is 0 Å². The number of amides is 2. The number of benzene rings is 3. The fourth-order valence-corrected chi connectivity index (χ4v) is 3.89. The second-order valence-corrected chi connectivity index (χ2v) is 9.14. The summed E-state index contributed by atoms with van der Waals surface area (Å²) in [5.74, 6) is -0.789. The summed E-state index contributed by atoms with van der Waals surface area (Å²) >= 11 is 6.12. The van der Waals surface area contributed by atoms with Gasteiger partial charge in [-0.15, -0.1) is 0 Å². The van der Waals surface area contributed by atoms with Crippen molar-refractivity contribution in [2.75, 3.05) is 20.3 Å². The number of rotatable bonds is 10. The molecule has 3 aromatic carbocycles. The normalized spacial score (nSPS) is 11.3. The van der Waals surface area contributed by atoms with Crippen LogP contribution in [0.2, 0.25) is 5.02 Å². The van der Waals surface area contributed by atoms with Gasteiger partial charge in [0.25, 0.3) is 11.8 Å². The highest BCUT2D eigenvalue weighted by Crippen LogP contribution is 2.27. The van der Waals surface area contributed by atoms with Crippen LogP contribution < -0.4 is 10.6 Å². The SMILES string of the molecule is COCCCNC(=O)C(=Cc1cn(-c2ccccc2)nc1-c1ccc(Cl)cc1)NC(=O)c1ccc(C)cc1. The third-order valence-electron chi connectivity index (χ3n) is 5.80. The molecule has 0 radical (unpaired) electrons. The molecule has 0 atom stereocenters. The van der Waals surface area contributed by atoms with E-state index in [1.54, 1.807) is 42.1 Å². The summed E-state index contributed by atoms with van der Waals surface area (Å²) in [6.45, 7) is 2.86. The Morgan fingerprint density at radius 1 is 1.00 bits per heavy atom. The number of hydrogen-bond donors (Lipinski definition) is 2. The van der Waals surface area contributed by atoms with Gasteiger partial charge in [0.15, 0.2) is 0 Å². The number of carbonyl (C=O) groups is 2. The molecule has 0 spiro atoms. The first-order chi connectivity index (χ1) is 18.4. The van der Waals surface area contributed by atoms with Crippen LogP contribution in [0.25, 0.3) is 23.0 Å². The zero-order valence-corrected chi connectivity index (χ0v) is 22.0. The van der Waals surface area contributed by atoms with Gasteiger partial charge in [0.1, 0.15) is 11.4 Å². The van der Waals surface area contributed by atoms with Crippen LogP contribution in [0.5, 0.6) is 0 Å². The summed E-state index contributed by atoms with van der Waals surface area (Å²) in [6.07, 6.45) is 4.12. The largest absolute Gasteiger partial charge is 0.385 e. The highest BCUT2D eigenvalue weighted by Gasteiger charge is 2.18. The maximum absolute atomic E-state index is 13.2. The van der Waals surface area contributed by atoms with Gasteiger partial charge in [-0.05, 0) is 55.8 Å². The third kappa shape index (κ3) is 6.97. The predicted molar refractivity (Wildman–Crippen MR) is 150 cm³/mol. The van der Waals surface area contributed by atoms with E-state index in [1.165, 1.54) is 0 Å². The highest BCUT2D eigenvalue weighted by molar-refractivity contribution is 6.30. The van der Waals surface area contributed by atoms with Crippen LogP contribution in [-0.4, -0.2) is 41.9 Å². The van der Waals surface area contributed by atoms with Gasteiger partial charge in [0.2, 0.25) is 0 Å². The van der Waals surface area contributed by atoms with Gasteiger partial charge in [0.05, 0.1) is 5.69 Å². The molecule has 2 amide bonds. The number of para-hydroxylation sites is 1. The summed E-state index contributed by atoms with van der Waals surface area (Å²) in [6, 6.07) is 24.1. The smallest absolute Gasteiger partial charge is 0.267 e. The van der Waals surface area contributed by atoms with Crippen molar-refractivity contribution in [2.24, 2.45) is 0 Å². The zero-order valence-electron chi connectivity index (χ0n) is 21.3. The molecule has 0 saturated heterocycles. The Balaban J connectivity index is 1.74. The Morgan fingerprint density at radius 3 is 2.39 bits per heavy atom. The van der Waals surface area contributed by atoms with Gasteiger partial charge < -0.3 is 15.4 Å². The minimum Gasteiger partial charge on any atom is -0.385 e. The lowest BCUT2D eigenvalue weighted by atomic mass is 10.1. The molecular formula is C30H29ClN4O3. The Bertz CT molecular complexity index is 1410. The molecule has 4 rings (SSSR count). The number of aromatic nitrogens is 2. The van der Waals surface area contributed by atoms with Crippen LogP contribution in [0.1, 0.15) is 27.9 Å². The monoisotopic (exact) mass is 528 g/mol. The Kier molecular flexibility index (Phi) is 9.08. The first-order valence-corrected chi connectivity index (χ1v) is 12.6. The van der Waals surface area contributed by atoms with Crippen molar-refractivity contribution in [3.8, 4) is 16.9 Å². The molecule has 0 fully saturated rings. The quantitative estimate of drug-likeness (QED) is 0.212. The van der Waals surface area contributed by atoms with Crippen molar-refractivity contribution in [3.63, 3.8) is 0 Å². The molecule has 4 aromatic rings. The topological polar surface area (TPSA) is 85.2 Å². The fraction of sp³-hybridized carbons (Fsp3) is 0.167. The molecule has 0 unspecified atom stereocenters. The van der Waals surface area contributed by atoms with E-state index in [0.29, 0.717) is 41.4 Å². The maximum Gasteiger partial charge on any atom is 0.267 e. The Labute approximate surface area is 227 Å². The van der Waals surface area contributed by atoms with Crippen LogP contribution in [-0.2, 0) is 9.53 Å². The Hall–Kier alpha value is -4.20. The van der Waals surface area contributed by atoms with Gasteiger partial charge in [-0.2, -0.15) is 5.10 Å². The summed E-state index contributed by atoms with van der Waals surface area (Å²) in [5.41, 5.74) is 4.57. The standard InChI is InChI=1S/C30H29ClN4O3/c1-21-9-11-23(12-10-21)29(36)33-27(30(37)32-17-6-18-38-2)19-24-20-35(26-7-4-3-5-8-26)34-28(24)22-13-15-25(31)16-14-22/h3-5,7-16,19-20H,6,17-18H2,1-2H3,(H,32,37)(H,33,36). The van der Waals surface area contributed by atoms with E-state index in [0.717, 1.165) is 16.8 Å². The molecule has 38 heavy (non-hydrogen) atoms. The van der Waals surface area contributed by atoms with Crippen molar-refractivity contribution in [1.82, 2.24) is 20.4 Å². The molecule has 2 N–H and O–H groups in total. The summed E-state index contributed by atoms with van der Waals surface area (Å²) in [4.78, 5) is 26.3. The average Bonchev–Trinajstić information content (AvgIpc) is 3.35. The molecule has 0 aliphatic heterocycles.